The fourth-order valence-electron chi connectivity index (χ4n) is 7.34. The average molecular weight is 855 g/mol. The van der Waals surface area contributed by atoms with Gasteiger partial charge in [-0.2, -0.15) is 0 Å². The van der Waals surface area contributed by atoms with E-state index in [1.807, 2.05) is 0 Å². The Morgan fingerprint density at radius 1 is 0.475 bits per heavy atom. The third-order valence-corrected chi connectivity index (χ3v) is 12.1. The van der Waals surface area contributed by atoms with E-state index in [4.69, 9.17) is 14.0 Å². The van der Waals surface area contributed by atoms with Crippen molar-refractivity contribution < 1.29 is 37.6 Å². The first-order chi connectivity index (χ1) is 28.8. The molecular weight excluding hydrogens is 760 g/mol. The van der Waals surface area contributed by atoms with Gasteiger partial charge in [0.15, 0.2) is 6.10 Å². The first kappa shape index (κ1) is 57.5. The number of esters is 2. The number of rotatable bonds is 47. The summed E-state index contributed by atoms with van der Waals surface area (Å²) < 4.78 is 32.1. The monoisotopic (exact) mass is 855 g/mol. The molecule has 0 aromatic rings. The summed E-state index contributed by atoms with van der Waals surface area (Å²) in [5.74, 6) is -0.806. The van der Waals surface area contributed by atoms with Crippen molar-refractivity contribution in [1.29, 1.82) is 0 Å². The van der Waals surface area contributed by atoms with Crippen LogP contribution in [-0.2, 0) is 32.7 Å². The van der Waals surface area contributed by atoms with Crippen LogP contribution >= 0.6 is 7.82 Å². The number of allylic oxidation sites excluding steroid dienone is 4. The Balaban J connectivity index is 3.86. The van der Waals surface area contributed by atoms with Gasteiger partial charge < -0.3 is 14.4 Å². The van der Waals surface area contributed by atoms with E-state index in [2.05, 4.69) is 42.7 Å². The summed E-state index contributed by atoms with van der Waals surface area (Å²) in [6, 6.07) is 0. The largest absolute Gasteiger partial charge is 0.472 e. The highest BCUT2D eigenvalue weighted by Gasteiger charge is 2.24. The lowest BCUT2D eigenvalue weighted by atomic mass is 10.0. The predicted octanol–water partition coefficient (Wildman–Crippen LogP) is 16.2. The van der Waals surface area contributed by atoms with Crippen molar-refractivity contribution >= 4 is 19.8 Å². The number of phosphoric acid groups is 1. The summed E-state index contributed by atoms with van der Waals surface area (Å²) >= 11 is 0. The highest BCUT2D eigenvalue weighted by Crippen LogP contribution is 2.42. The molecule has 8 nitrogen and oxygen atoms in total. The fourth-order valence-corrected chi connectivity index (χ4v) is 7.80. The molecule has 0 aromatic heterocycles. The second-order valence-corrected chi connectivity index (χ2v) is 18.5. The second-order valence-electron chi connectivity index (χ2n) is 17.0. The van der Waals surface area contributed by atoms with Crippen LogP contribution in [0.5, 0.6) is 0 Å². The molecule has 0 spiro atoms. The van der Waals surface area contributed by atoms with Crippen LogP contribution < -0.4 is 0 Å². The van der Waals surface area contributed by atoms with Crippen LogP contribution in [0.1, 0.15) is 258 Å². The zero-order valence-electron chi connectivity index (χ0n) is 38.9. The van der Waals surface area contributed by atoms with Gasteiger partial charge in [0.05, 0.1) is 6.61 Å². The number of carbonyl (C=O) groups excluding carboxylic acids is 2. The third-order valence-electron chi connectivity index (χ3n) is 11.2. The van der Waals surface area contributed by atoms with Crippen molar-refractivity contribution in [2.45, 2.75) is 264 Å². The van der Waals surface area contributed by atoms with Crippen molar-refractivity contribution in [3.63, 3.8) is 0 Å². The van der Waals surface area contributed by atoms with Crippen LogP contribution in [0.25, 0.3) is 0 Å². The molecule has 0 saturated carbocycles. The highest BCUT2D eigenvalue weighted by molar-refractivity contribution is 7.47. The molecule has 0 bridgehead atoms. The van der Waals surface area contributed by atoms with Gasteiger partial charge in [-0.15, -0.1) is 0 Å². The maximum Gasteiger partial charge on any atom is 0.472 e. The first-order valence-electron chi connectivity index (χ1n) is 25.0. The molecule has 59 heavy (non-hydrogen) atoms. The van der Waals surface area contributed by atoms with Crippen LogP contribution in [0.3, 0.4) is 0 Å². The summed E-state index contributed by atoms with van der Waals surface area (Å²) in [5, 5.41) is 0. The molecule has 348 valence electrons. The normalized spacial score (nSPS) is 13.4. The van der Waals surface area contributed by atoms with Crippen LogP contribution in [0, 0.1) is 0 Å². The molecule has 0 aromatic carbocycles. The van der Waals surface area contributed by atoms with Gasteiger partial charge in [-0.05, 0) is 44.9 Å². The van der Waals surface area contributed by atoms with E-state index in [-0.39, 0.29) is 19.0 Å². The molecule has 0 rings (SSSR count). The smallest absolute Gasteiger partial charge is 0.462 e. The van der Waals surface area contributed by atoms with E-state index >= 15 is 0 Å². The topological polar surface area (TPSA) is 108 Å². The molecule has 0 radical (unpaired) electrons. The molecule has 0 saturated heterocycles. The number of hydrogen-bond donors (Lipinski definition) is 1. The predicted molar refractivity (Wildman–Crippen MR) is 249 cm³/mol. The van der Waals surface area contributed by atoms with Gasteiger partial charge >= 0.3 is 19.8 Å². The Labute approximate surface area is 364 Å². The maximum atomic E-state index is 12.5. The summed E-state index contributed by atoms with van der Waals surface area (Å²) in [5.41, 5.74) is 0. The molecule has 0 aliphatic heterocycles. The molecule has 0 heterocycles. The minimum absolute atomic E-state index is 0.226. The lowest BCUT2D eigenvalue weighted by Crippen LogP contribution is -2.29. The molecule has 9 heteroatoms. The molecule has 0 aliphatic rings. The van der Waals surface area contributed by atoms with Gasteiger partial charge in [-0.25, -0.2) is 4.57 Å². The van der Waals surface area contributed by atoms with Crippen molar-refractivity contribution in [3.05, 3.63) is 24.3 Å². The van der Waals surface area contributed by atoms with Crippen molar-refractivity contribution in [2.24, 2.45) is 0 Å². The Kier molecular flexibility index (Phi) is 44.9. The molecule has 0 fully saturated rings. The van der Waals surface area contributed by atoms with Gasteiger partial charge in [-0.3, -0.25) is 18.6 Å². The summed E-state index contributed by atoms with van der Waals surface area (Å²) in [6.45, 7) is 3.90. The number of carbonyl (C=O) groups is 2. The molecular formula is C50H95O8P. The molecule has 1 N–H and O–H groups in total. The van der Waals surface area contributed by atoms with Gasteiger partial charge in [0.25, 0.3) is 0 Å². The average Bonchev–Trinajstić information content (AvgIpc) is 3.23. The van der Waals surface area contributed by atoms with Crippen LogP contribution in [-0.4, -0.2) is 43.3 Å². The molecule has 0 amide bonds. The zero-order chi connectivity index (χ0) is 43.2. The van der Waals surface area contributed by atoms with Crippen LogP contribution in [0.15, 0.2) is 24.3 Å². The van der Waals surface area contributed by atoms with Crippen molar-refractivity contribution in [3.8, 4) is 0 Å². The highest BCUT2D eigenvalue weighted by atomic mass is 31.2. The molecule has 0 aliphatic carbocycles. The lowest BCUT2D eigenvalue weighted by Gasteiger charge is -2.19. The standard InChI is InChI=1S/C50H95O8P/c1-4-6-8-10-12-14-16-18-20-22-23-24-25-26-27-28-29-31-32-34-36-38-40-42-44-49(51)56-46-48(47-57-59(53,54)55-3)58-50(52)45-43-41-39-37-35-33-30-21-19-17-15-13-11-9-7-5-2/h15,17,21,30,48H,4-14,16,18-20,22-29,31-47H2,1-3H3,(H,53,54)/b17-15-,30-21-. The minimum atomic E-state index is -4.27. The van der Waals surface area contributed by atoms with E-state index < -0.39 is 26.5 Å². The quantitative estimate of drug-likeness (QED) is 0.0279. The molecule has 2 unspecified atom stereocenters. The fraction of sp³-hybridized carbons (Fsp3) is 0.880. The van der Waals surface area contributed by atoms with Gasteiger partial charge in [0, 0.05) is 20.0 Å². The number of ether oxygens (including phenoxy) is 2. The molecule has 2 atom stereocenters. The second kappa shape index (κ2) is 46.0. The number of hydrogen-bond acceptors (Lipinski definition) is 7. The van der Waals surface area contributed by atoms with Crippen LogP contribution in [0.4, 0.5) is 0 Å². The lowest BCUT2D eigenvalue weighted by molar-refractivity contribution is -0.161. The van der Waals surface area contributed by atoms with Gasteiger partial charge in [-0.1, -0.05) is 224 Å². The van der Waals surface area contributed by atoms with E-state index in [9.17, 15) is 19.0 Å². The maximum absolute atomic E-state index is 12.5. The van der Waals surface area contributed by atoms with Gasteiger partial charge in [0.2, 0.25) is 0 Å². The summed E-state index contributed by atoms with van der Waals surface area (Å²) in [4.78, 5) is 34.6. The van der Waals surface area contributed by atoms with Gasteiger partial charge in [0.1, 0.15) is 6.61 Å². The van der Waals surface area contributed by atoms with Crippen LogP contribution in [0.2, 0.25) is 0 Å². The van der Waals surface area contributed by atoms with E-state index in [0.717, 1.165) is 64.9 Å². The summed E-state index contributed by atoms with van der Waals surface area (Å²) in [6.07, 6.45) is 53.9. The van der Waals surface area contributed by atoms with E-state index in [0.29, 0.717) is 12.8 Å². The number of unbranched alkanes of at least 4 members (excludes halogenated alkanes) is 32. The third kappa shape index (κ3) is 45.9. The summed E-state index contributed by atoms with van der Waals surface area (Å²) in [7, 11) is -3.20. The minimum Gasteiger partial charge on any atom is -0.462 e. The number of phosphoric ester groups is 1. The Morgan fingerprint density at radius 2 is 0.814 bits per heavy atom. The Morgan fingerprint density at radius 3 is 1.20 bits per heavy atom. The van der Waals surface area contributed by atoms with E-state index in [1.54, 1.807) is 0 Å². The zero-order valence-corrected chi connectivity index (χ0v) is 39.8. The Hall–Kier alpha value is -1.47. The first-order valence-corrected chi connectivity index (χ1v) is 26.5. The van der Waals surface area contributed by atoms with Crippen molar-refractivity contribution in [2.75, 3.05) is 20.3 Å². The SMILES string of the molecule is CCCCCC/C=C\C/C=C\CCCCCCCC(=O)OC(COC(=O)CCCCCCCCCCCCCCCCCCCCCCCCCC)COP(=O)(O)OC. The van der Waals surface area contributed by atoms with Crippen molar-refractivity contribution in [1.82, 2.24) is 0 Å². The Bertz CT molecular complexity index is 1010. The van der Waals surface area contributed by atoms with E-state index in [1.165, 1.54) is 167 Å².